The predicted molar refractivity (Wildman–Crippen MR) is 61.1 cm³/mol. The van der Waals surface area contributed by atoms with Crippen LogP contribution in [-0.4, -0.2) is 22.8 Å². The molecule has 0 fully saturated rings. The molecule has 0 aliphatic heterocycles. The van der Waals surface area contributed by atoms with Gasteiger partial charge in [-0.05, 0) is 33.8 Å². The van der Waals surface area contributed by atoms with E-state index in [1.54, 1.807) is 6.08 Å². The molecule has 0 saturated carbocycles. The largest absolute Gasteiger partial charge is 0.372 e. The first kappa shape index (κ1) is 13.2. The molecule has 2 nitrogen and oxygen atoms in total. The number of rotatable bonds is 5. The van der Waals surface area contributed by atoms with E-state index in [1.165, 1.54) is 0 Å². The standard InChI is InChI=1S/C12H23NO/c1-9(2)12(14)7-8-13(10(3)4)11(5)6/h7-11H,1-6H3/b8-7+. The van der Waals surface area contributed by atoms with Crippen LogP contribution < -0.4 is 0 Å². The van der Waals surface area contributed by atoms with Crippen molar-refractivity contribution in [1.29, 1.82) is 0 Å². The molecule has 0 atom stereocenters. The monoisotopic (exact) mass is 197 g/mol. The van der Waals surface area contributed by atoms with Crippen LogP contribution in [0.3, 0.4) is 0 Å². The second kappa shape index (κ2) is 5.84. The van der Waals surface area contributed by atoms with Crippen molar-refractivity contribution in [2.75, 3.05) is 0 Å². The van der Waals surface area contributed by atoms with E-state index >= 15 is 0 Å². The lowest BCUT2D eigenvalue weighted by molar-refractivity contribution is -0.117. The summed E-state index contributed by atoms with van der Waals surface area (Å²) < 4.78 is 0. The Bertz CT molecular complexity index is 196. The maximum absolute atomic E-state index is 11.4. The van der Waals surface area contributed by atoms with Gasteiger partial charge in [-0.3, -0.25) is 4.79 Å². The molecule has 0 rings (SSSR count). The van der Waals surface area contributed by atoms with Gasteiger partial charge in [0.15, 0.2) is 5.78 Å². The first-order valence-electron chi connectivity index (χ1n) is 5.35. The normalized spacial score (nSPS) is 12.1. The summed E-state index contributed by atoms with van der Waals surface area (Å²) in [6.45, 7) is 12.4. The lowest BCUT2D eigenvalue weighted by Gasteiger charge is -2.29. The highest BCUT2D eigenvalue weighted by Crippen LogP contribution is 2.06. The summed E-state index contributed by atoms with van der Waals surface area (Å²) >= 11 is 0. The van der Waals surface area contributed by atoms with Crippen molar-refractivity contribution in [2.45, 2.75) is 53.6 Å². The van der Waals surface area contributed by atoms with Gasteiger partial charge in [-0.25, -0.2) is 0 Å². The van der Waals surface area contributed by atoms with E-state index < -0.39 is 0 Å². The van der Waals surface area contributed by atoms with Crippen LogP contribution in [0, 0.1) is 5.92 Å². The number of allylic oxidation sites excluding steroid dienone is 1. The fourth-order valence-corrected chi connectivity index (χ4v) is 1.29. The lowest BCUT2D eigenvalue weighted by Crippen LogP contribution is -2.32. The minimum Gasteiger partial charge on any atom is -0.372 e. The number of hydrogen-bond donors (Lipinski definition) is 0. The maximum Gasteiger partial charge on any atom is 0.159 e. The molecule has 2 heteroatoms. The second-order valence-corrected chi connectivity index (χ2v) is 4.51. The van der Waals surface area contributed by atoms with E-state index in [9.17, 15) is 4.79 Å². The van der Waals surface area contributed by atoms with Crippen molar-refractivity contribution in [3.63, 3.8) is 0 Å². The molecule has 0 spiro atoms. The van der Waals surface area contributed by atoms with Crippen LogP contribution in [0.2, 0.25) is 0 Å². The third-order valence-corrected chi connectivity index (χ3v) is 2.17. The molecule has 0 radical (unpaired) electrons. The Morgan fingerprint density at radius 3 is 1.71 bits per heavy atom. The highest BCUT2D eigenvalue weighted by Gasteiger charge is 2.09. The Kier molecular flexibility index (Phi) is 5.51. The first-order chi connectivity index (χ1) is 6.36. The number of nitrogens with zero attached hydrogens (tertiary/aromatic N) is 1. The molecular weight excluding hydrogens is 174 g/mol. The highest BCUT2D eigenvalue weighted by molar-refractivity contribution is 5.91. The Morgan fingerprint density at radius 1 is 1.00 bits per heavy atom. The molecule has 0 heterocycles. The van der Waals surface area contributed by atoms with Crippen molar-refractivity contribution in [2.24, 2.45) is 5.92 Å². The van der Waals surface area contributed by atoms with Crippen molar-refractivity contribution in [3.8, 4) is 0 Å². The van der Waals surface area contributed by atoms with Gasteiger partial charge in [0.25, 0.3) is 0 Å². The number of hydrogen-bond acceptors (Lipinski definition) is 2. The molecular formula is C12H23NO. The fraction of sp³-hybridized carbons (Fsp3) is 0.750. The van der Waals surface area contributed by atoms with Gasteiger partial charge in [0, 0.05) is 24.2 Å². The molecule has 0 aromatic heterocycles. The quantitative estimate of drug-likeness (QED) is 0.632. The molecule has 14 heavy (non-hydrogen) atoms. The van der Waals surface area contributed by atoms with Gasteiger partial charge in [0.05, 0.1) is 0 Å². The Morgan fingerprint density at radius 2 is 1.43 bits per heavy atom. The van der Waals surface area contributed by atoms with Crippen LogP contribution >= 0.6 is 0 Å². The first-order valence-corrected chi connectivity index (χ1v) is 5.35. The zero-order valence-electron chi connectivity index (χ0n) is 10.2. The third-order valence-electron chi connectivity index (χ3n) is 2.17. The average molecular weight is 197 g/mol. The smallest absolute Gasteiger partial charge is 0.159 e. The summed E-state index contributed by atoms with van der Waals surface area (Å²) in [5, 5.41) is 0. The van der Waals surface area contributed by atoms with Gasteiger partial charge in [0.1, 0.15) is 0 Å². The summed E-state index contributed by atoms with van der Waals surface area (Å²) in [7, 11) is 0. The summed E-state index contributed by atoms with van der Waals surface area (Å²) in [6, 6.07) is 0.873. The summed E-state index contributed by atoms with van der Waals surface area (Å²) in [5.74, 6) is 0.281. The van der Waals surface area contributed by atoms with Crippen molar-refractivity contribution < 1.29 is 4.79 Å². The zero-order valence-corrected chi connectivity index (χ0v) is 10.2. The van der Waals surface area contributed by atoms with Crippen LogP contribution in [0.5, 0.6) is 0 Å². The Hall–Kier alpha value is -0.790. The van der Waals surface area contributed by atoms with E-state index in [0.717, 1.165) is 0 Å². The van der Waals surface area contributed by atoms with Crippen molar-refractivity contribution >= 4 is 5.78 Å². The molecule has 0 amide bonds. The highest BCUT2D eigenvalue weighted by atomic mass is 16.1. The van der Waals surface area contributed by atoms with E-state index in [0.29, 0.717) is 12.1 Å². The Labute approximate surface area is 88.0 Å². The van der Waals surface area contributed by atoms with Gasteiger partial charge < -0.3 is 4.90 Å². The summed E-state index contributed by atoms with van der Waals surface area (Å²) in [5.41, 5.74) is 0. The summed E-state index contributed by atoms with van der Waals surface area (Å²) in [4.78, 5) is 13.6. The van der Waals surface area contributed by atoms with Crippen LogP contribution in [0.1, 0.15) is 41.5 Å². The summed E-state index contributed by atoms with van der Waals surface area (Å²) in [6.07, 6.45) is 3.60. The van der Waals surface area contributed by atoms with E-state index in [2.05, 4.69) is 32.6 Å². The van der Waals surface area contributed by atoms with Crippen LogP contribution in [0.15, 0.2) is 12.3 Å². The minimum atomic E-state index is 0.0902. The van der Waals surface area contributed by atoms with E-state index in [1.807, 2.05) is 20.0 Å². The molecule has 0 aliphatic rings. The van der Waals surface area contributed by atoms with Gasteiger partial charge in [-0.1, -0.05) is 13.8 Å². The number of carbonyl (C=O) groups is 1. The molecule has 0 N–H and O–H groups in total. The minimum absolute atomic E-state index is 0.0902. The molecule has 0 unspecified atom stereocenters. The van der Waals surface area contributed by atoms with Crippen LogP contribution in [0.25, 0.3) is 0 Å². The molecule has 0 aromatic carbocycles. The van der Waals surface area contributed by atoms with Gasteiger partial charge in [0.2, 0.25) is 0 Å². The number of ketones is 1. The molecule has 0 bridgehead atoms. The number of carbonyl (C=O) groups excluding carboxylic acids is 1. The molecule has 82 valence electrons. The fourth-order valence-electron chi connectivity index (χ4n) is 1.29. The van der Waals surface area contributed by atoms with E-state index in [-0.39, 0.29) is 11.7 Å². The van der Waals surface area contributed by atoms with Gasteiger partial charge >= 0.3 is 0 Å². The van der Waals surface area contributed by atoms with Gasteiger partial charge in [-0.15, -0.1) is 0 Å². The van der Waals surface area contributed by atoms with Crippen molar-refractivity contribution in [3.05, 3.63) is 12.3 Å². The van der Waals surface area contributed by atoms with Crippen molar-refractivity contribution in [1.82, 2.24) is 4.90 Å². The second-order valence-electron chi connectivity index (χ2n) is 4.51. The SMILES string of the molecule is CC(C)C(=O)/C=C/N(C(C)C)C(C)C. The molecule has 0 saturated heterocycles. The predicted octanol–water partition coefficient (Wildman–Crippen LogP) is 2.84. The zero-order chi connectivity index (χ0) is 11.3. The lowest BCUT2D eigenvalue weighted by atomic mass is 10.1. The maximum atomic E-state index is 11.4. The van der Waals surface area contributed by atoms with Gasteiger partial charge in [-0.2, -0.15) is 0 Å². The third kappa shape index (κ3) is 4.45. The Balaban J connectivity index is 4.37. The molecule has 0 aliphatic carbocycles. The van der Waals surface area contributed by atoms with E-state index in [4.69, 9.17) is 0 Å². The topological polar surface area (TPSA) is 20.3 Å². The average Bonchev–Trinajstić information content (AvgIpc) is 2.02. The van der Waals surface area contributed by atoms with Crippen LogP contribution in [0.4, 0.5) is 0 Å². The molecule has 0 aromatic rings. The van der Waals surface area contributed by atoms with Crippen LogP contribution in [-0.2, 0) is 4.79 Å².